The molecule has 2 heterocycles. The Morgan fingerprint density at radius 2 is 1.69 bits per heavy atom. The lowest BCUT2D eigenvalue weighted by Crippen LogP contribution is -2.39. The van der Waals surface area contributed by atoms with E-state index >= 15 is 0 Å². The Labute approximate surface area is 209 Å². The number of morpholine rings is 1. The predicted molar refractivity (Wildman–Crippen MR) is 141 cm³/mol. The zero-order valence-corrected chi connectivity index (χ0v) is 20.8. The van der Waals surface area contributed by atoms with Gasteiger partial charge in [0.15, 0.2) is 0 Å². The van der Waals surface area contributed by atoms with E-state index in [2.05, 4.69) is 49.2 Å². The third kappa shape index (κ3) is 4.35. The van der Waals surface area contributed by atoms with E-state index in [9.17, 15) is 4.79 Å². The molecule has 1 saturated heterocycles. The van der Waals surface area contributed by atoms with E-state index in [1.54, 1.807) is 0 Å². The molecule has 1 amide bonds. The van der Waals surface area contributed by atoms with E-state index in [4.69, 9.17) is 9.47 Å². The third-order valence-corrected chi connectivity index (χ3v) is 7.15. The van der Waals surface area contributed by atoms with Crippen molar-refractivity contribution in [2.24, 2.45) is 0 Å². The van der Waals surface area contributed by atoms with Gasteiger partial charge in [-0.15, -0.1) is 0 Å². The molecule has 1 atom stereocenters. The van der Waals surface area contributed by atoms with Crippen LogP contribution in [0.4, 0.5) is 5.69 Å². The summed E-state index contributed by atoms with van der Waals surface area (Å²) in [6.45, 7) is 11.3. The molecule has 0 aliphatic carbocycles. The smallest absolute Gasteiger partial charge is 0.244 e. The van der Waals surface area contributed by atoms with Crippen molar-refractivity contribution >= 4 is 11.6 Å². The molecule has 0 bridgehead atoms. The van der Waals surface area contributed by atoms with Gasteiger partial charge >= 0.3 is 0 Å². The van der Waals surface area contributed by atoms with Crippen molar-refractivity contribution in [2.45, 2.75) is 31.6 Å². The number of nitrogens with zero attached hydrogens (tertiary/aromatic N) is 1. The highest BCUT2D eigenvalue weighted by Crippen LogP contribution is 2.51. The first-order valence-corrected chi connectivity index (χ1v) is 12.4. The van der Waals surface area contributed by atoms with Crippen LogP contribution in [0.25, 0.3) is 0 Å². The zero-order chi connectivity index (χ0) is 24.5. The second-order valence-corrected chi connectivity index (χ2v) is 10.4. The fourth-order valence-electron chi connectivity index (χ4n) is 5.18. The van der Waals surface area contributed by atoms with E-state index < -0.39 is 5.41 Å². The first-order chi connectivity index (χ1) is 16.9. The van der Waals surface area contributed by atoms with Gasteiger partial charge in [-0.05, 0) is 34.7 Å². The molecular weight excluding hydrogens is 436 g/mol. The highest BCUT2D eigenvalue weighted by molar-refractivity contribution is 6.11. The Balaban J connectivity index is 0.00000304. The average molecular weight is 473 g/mol. The summed E-state index contributed by atoms with van der Waals surface area (Å²) in [6.07, 6.45) is 0. The average Bonchev–Trinajstić information content (AvgIpc) is 3.17. The second kappa shape index (κ2) is 9.48. The first kappa shape index (κ1) is 23.6. The number of para-hydroxylation sites is 1. The fraction of sp³-hybridized carbons (Fsp3) is 0.367. The van der Waals surface area contributed by atoms with Crippen LogP contribution in [-0.2, 0) is 20.4 Å². The molecule has 0 radical (unpaired) electrons. The van der Waals surface area contributed by atoms with Crippen LogP contribution in [0, 0.1) is 0 Å². The summed E-state index contributed by atoms with van der Waals surface area (Å²) in [6, 6.07) is 24.4. The van der Waals surface area contributed by atoms with Crippen LogP contribution in [0.3, 0.4) is 0 Å². The topological polar surface area (TPSA) is 50.8 Å². The van der Waals surface area contributed by atoms with E-state index in [0.29, 0.717) is 6.61 Å². The molecule has 2 aliphatic rings. The zero-order valence-electron chi connectivity index (χ0n) is 20.8. The molecule has 3 aromatic rings. The summed E-state index contributed by atoms with van der Waals surface area (Å²) in [7, 11) is 0. The van der Waals surface area contributed by atoms with Crippen LogP contribution in [-0.4, -0.2) is 50.3 Å². The lowest BCUT2D eigenvalue weighted by atomic mass is 9.68. The summed E-state index contributed by atoms with van der Waals surface area (Å²) in [5.74, 6) is 0.705. The number of benzene rings is 3. The SMILES string of the molecule is CC(C)(C)c1ccc(OCCN2CCOCC2)c(C2(c3ccccc3)C(=O)Nc3ccccc32)c1.[HH]. The molecule has 5 nitrogen and oxygen atoms in total. The lowest BCUT2D eigenvalue weighted by molar-refractivity contribution is -0.118. The van der Waals surface area contributed by atoms with E-state index in [-0.39, 0.29) is 12.7 Å². The van der Waals surface area contributed by atoms with Crippen molar-refractivity contribution in [1.29, 1.82) is 0 Å². The Kier molecular flexibility index (Phi) is 6.39. The minimum Gasteiger partial charge on any atom is -0.492 e. The van der Waals surface area contributed by atoms with Crippen LogP contribution in [0.2, 0.25) is 0 Å². The number of anilines is 1. The highest BCUT2D eigenvalue weighted by Gasteiger charge is 2.51. The molecule has 5 heteroatoms. The predicted octanol–water partition coefficient (Wildman–Crippen LogP) is 5.23. The van der Waals surface area contributed by atoms with Gasteiger partial charge in [0.1, 0.15) is 17.8 Å². The molecule has 0 spiro atoms. The van der Waals surface area contributed by atoms with Gasteiger partial charge in [-0.25, -0.2) is 0 Å². The fourth-order valence-corrected chi connectivity index (χ4v) is 5.18. The van der Waals surface area contributed by atoms with Crippen molar-refractivity contribution in [3.8, 4) is 5.75 Å². The monoisotopic (exact) mass is 472 g/mol. The Morgan fingerprint density at radius 3 is 2.43 bits per heavy atom. The minimum absolute atomic E-state index is 0. The number of carbonyl (C=O) groups excluding carboxylic acids is 1. The number of fused-ring (bicyclic) bond motifs is 1. The van der Waals surface area contributed by atoms with Crippen LogP contribution in [0.1, 0.15) is 44.5 Å². The largest absolute Gasteiger partial charge is 0.492 e. The maximum absolute atomic E-state index is 14.0. The molecule has 2 aliphatic heterocycles. The number of ether oxygens (including phenoxy) is 2. The van der Waals surface area contributed by atoms with Crippen molar-refractivity contribution in [3.05, 3.63) is 95.1 Å². The Morgan fingerprint density at radius 1 is 0.971 bits per heavy atom. The quantitative estimate of drug-likeness (QED) is 0.534. The maximum Gasteiger partial charge on any atom is 0.244 e. The van der Waals surface area contributed by atoms with Gasteiger partial charge in [-0.2, -0.15) is 0 Å². The molecule has 184 valence electrons. The molecule has 35 heavy (non-hydrogen) atoms. The summed E-state index contributed by atoms with van der Waals surface area (Å²) in [5, 5.41) is 3.16. The molecule has 1 unspecified atom stereocenters. The molecule has 0 aromatic heterocycles. The number of amides is 1. The van der Waals surface area contributed by atoms with Crippen LogP contribution in [0.5, 0.6) is 5.75 Å². The normalized spacial score (nSPS) is 20.4. The molecule has 1 fully saturated rings. The van der Waals surface area contributed by atoms with Gasteiger partial charge in [0, 0.05) is 37.9 Å². The van der Waals surface area contributed by atoms with Crippen molar-refractivity contribution in [2.75, 3.05) is 44.8 Å². The first-order valence-electron chi connectivity index (χ1n) is 12.4. The summed E-state index contributed by atoms with van der Waals surface area (Å²) >= 11 is 0. The van der Waals surface area contributed by atoms with E-state index in [1.807, 2.05) is 54.6 Å². The Hall–Kier alpha value is -3.15. The van der Waals surface area contributed by atoms with Crippen LogP contribution >= 0.6 is 0 Å². The van der Waals surface area contributed by atoms with Crippen LogP contribution < -0.4 is 10.1 Å². The molecule has 1 N–H and O–H groups in total. The van der Waals surface area contributed by atoms with Gasteiger partial charge in [-0.1, -0.05) is 75.4 Å². The molecule has 5 rings (SSSR count). The molecule has 3 aromatic carbocycles. The van der Waals surface area contributed by atoms with Gasteiger partial charge < -0.3 is 14.8 Å². The van der Waals surface area contributed by atoms with Crippen molar-refractivity contribution < 1.29 is 15.7 Å². The third-order valence-electron chi connectivity index (χ3n) is 7.15. The summed E-state index contributed by atoms with van der Waals surface area (Å²) < 4.78 is 11.9. The maximum atomic E-state index is 14.0. The van der Waals surface area contributed by atoms with Crippen molar-refractivity contribution in [3.63, 3.8) is 0 Å². The standard InChI is InChI=1S/C30H34N2O3.H2/c1-29(2,3)23-13-14-27(35-20-17-32-15-18-34-19-16-32)25(21-23)30(22-9-5-4-6-10-22)24-11-7-8-12-26(24)31-28(30)33;/h4-14,21H,15-20H2,1-3H3,(H,31,33);1H. The highest BCUT2D eigenvalue weighted by atomic mass is 16.5. The second-order valence-electron chi connectivity index (χ2n) is 10.4. The number of hydrogen-bond donors (Lipinski definition) is 1. The molecular formula is C30H36N2O3. The van der Waals surface area contributed by atoms with E-state index in [0.717, 1.165) is 61.0 Å². The number of rotatable bonds is 6. The number of nitrogens with one attached hydrogen (secondary N) is 1. The molecule has 0 saturated carbocycles. The van der Waals surface area contributed by atoms with Gasteiger partial charge in [0.2, 0.25) is 5.91 Å². The lowest BCUT2D eigenvalue weighted by Gasteiger charge is -2.33. The van der Waals surface area contributed by atoms with Crippen LogP contribution in [0.15, 0.2) is 72.8 Å². The summed E-state index contributed by atoms with van der Waals surface area (Å²) in [5.41, 5.74) is 3.73. The number of hydrogen-bond acceptors (Lipinski definition) is 4. The van der Waals surface area contributed by atoms with Gasteiger partial charge in [0.25, 0.3) is 0 Å². The van der Waals surface area contributed by atoms with Gasteiger partial charge in [-0.3, -0.25) is 9.69 Å². The van der Waals surface area contributed by atoms with Crippen molar-refractivity contribution in [1.82, 2.24) is 4.90 Å². The van der Waals surface area contributed by atoms with Gasteiger partial charge in [0.05, 0.1) is 13.2 Å². The summed E-state index contributed by atoms with van der Waals surface area (Å²) in [4.78, 5) is 16.4. The number of carbonyl (C=O) groups is 1. The van der Waals surface area contributed by atoms with E-state index in [1.165, 1.54) is 5.56 Å². The minimum atomic E-state index is -0.993. The Bertz CT molecular complexity index is 1200.